The van der Waals surface area contributed by atoms with Crippen LogP contribution in [0.4, 0.5) is 0 Å². The Labute approximate surface area is 96.4 Å². The first-order valence-corrected chi connectivity index (χ1v) is 5.74. The van der Waals surface area contributed by atoms with Gasteiger partial charge in [0.05, 0.1) is 25.8 Å². The van der Waals surface area contributed by atoms with E-state index in [9.17, 15) is 0 Å². The van der Waals surface area contributed by atoms with Crippen LogP contribution in [0, 0.1) is 0 Å². The number of hydrogen-bond donors (Lipinski definition) is 1. The van der Waals surface area contributed by atoms with Crippen LogP contribution in [0.15, 0.2) is 12.4 Å². The standard InChI is InChI=1S/C11H20N4O/c1-12-7-11-13-3-4-15(11)9-10-8-14(2)5-6-16-10/h3-4,10,12H,5-9H2,1-2H3. The molecule has 0 amide bonds. The number of ether oxygens (including phenoxy) is 1. The molecule has 1 atom stereocenters. The highest BCUT2D eigenvalue weighted by Gasteiger charge is 2.18. The van der Waals surface area contributed by atoms with Gasteiger partial charge in [-0.25, -0.2) is 4.98 Å². The Hall–Kier alpha value is -0.910. The molecule has 0 radical (unpaired) electrons. The predicted octanol–water partition coefficient (Wildman–Crippen LogP) is -0.0669. The molecule has 0 bridgehead atoms. The third kappa shape index (κ3) is 2.81. The van der Waals surface area contributed by atoms with Crippen molar-refractivity contribution < 1.29 is 4.74 Å². The molecule has 5 nitrogen and oxygen atoms in total. The van der Waals surface area contributed by atoms with Crippen LogP contribution in [0.25, 0.3) is 0 Å². The largest absolute Gasteiger partial charge is 0.374 e. The first-order valence-electron chi connectivity index (χ1n) is 5.74. The Morgan fingerprint density at radius 2 is 2.50 bits per heavy atom. The van der Waals surface area contributed by atoms with Crippen LogP contribution >= 0.6 is 0 Å². The summed E-state index contributed by atoms with van der Waals surface area (Å²) in [6, 6.07) is 0. The second kappa shape index (κ2) is 5.43. The summed E-state index contributed by atoms with van der Waals surface area (Å²) in [6.07, 6.45) is 4.15. The maximum Gasteiger partial charge on any atom is 0.122 e. The molecule has 2 rings (SSSR count). The van der Waals surface area contributed by atoms with E-state index in [-0.39, 0.29) is 6.10 Å². The Kier molecular flexibility index (Phi) is 3.93. The van der Waals surface area contributed by atoms with Crippen LogP contribution in [0.3, 0.4) is 0 Å². The summed E-state index contributed by atoms with van der Waals surface area (Å²) in [4.78, 5) is 6.63. The zero-order valence-corrected chi connectivity index (χ0v) is 10.0. The molecule has 90 valence electrons. The zero-order chi connectivity index (χ0) is 11.4. The minimum absolute atomic E-state index is 0.281. The van der Waals surface area contributed by atoms with Crippen molar-refractivity contribution in [1.82, 2.24) is 19.8 Å². The van der Waals surface area contributed by atoms with Crippen molar-refractivity contribution in [2.75, 3.05) is 33.8 Å². The van der Waals surface area contributed by atoms with Crippen molar-refractivity contribution in [2.24, 2.45) is 0 Å². The molecule has 1 saturated heterocycles. The first kappa shape index (κ1) is 11.6. The van der Waals surface area contributed by atoms with Gasteiger partial charge in [-0.2, -0.15) is 0 Å². The van der Waals surface area contributed by atoms with Gasteiger partial charge < -0.3 is 19.5 Å². The van der Waals surface area contributed by atoms with Crippen molar-refractivity contribution in [3.8, 4) is 0 Å². The molecule has 0 saturated carbocycles. The summed E-state index contributed by atoms with van der Waals surface area (Å²) < 4.78 is 7.91. The average molecular weight is 224 g/mol. The fraction of sp³-hybridized carbons (Fsp3) is 0.727. The van der Waals surface area contributed by atoms with Crippen LogP contribution in [-0.2, 0) is 17.8 Å². The van der Waals surface area contributed by atoms with E-state index in [1.807, 2.05) is 19.4 Å². The lowest BCUT2D eigenvalue weighted by molar-refractivity contribution is -0.0278. The fourth-order valence-corrected chi connectivity index (χ4v) is 2.03. The van der Waals surface area contributed by atoms with Gasteiger partial charge in [-0.3, -0.25) is 0 Å². The van der Waals surface area contributed by atoms with Crippen molar-refractivity contribution in [3.05, 3.63) is 18.2 Å². The average Bonchev–Trinajstić information content (AvgIpc) is 2.66. The second-order valence-electron chi connectivity index (χ2n) is 4.28. The minimum atomic E-state index is 0.281. The third-order valence-electron chi connectivity index (χ3n) is 2.88. The SMILES string of the molecule is CNCc1nccn1CC1CN(C)CCO1. The van der Waals surface area contributed by atoms with Gasteiger partial charge in [-0.05, 0) is 14.1 Å². The van der Waals surface area contributed by atoms with Gasteiger partial charge in [0.25, 0.3) is 0 Å². The molecule has 1 aliphatic rings. The van der Waals surface area contributed by atoms with E-state index in [2.05, 4.69) is 26.8 Å². The van der Waals surface area contributed by atoms with E-state index in [1.54, 1.807) is 0 Å². The van der Waals surface area contributed by atoms with Crippen LogP contribution in [0.2, 0.25) is 0 Å². The molecular formula is C11H20N4O. The lowest BCUT2D eigenvalue weighted by atomic mass is 10.3. The number of hydrogen-bond acceptors (Lipinski definition) is 4. The minimum Gasteiger partial charge on any atom is -0.374 e. The summed E-state index contributed by atoms with van der Waals surface area (Å²) in [7, 11) is 4.07. The van der Waals surface area contributed by atoms with Crippen LogP contribution < -0.4 is 5.32 Å². The lowest BCUT2D eigenvalue weighted by Crippen LogP contribution is -2.42. The van der Waals surface area contributed by atoms with Gasteiger partial charge in [0.1, 0.15) is 5.82 Å². The van der Waals surface area contributed by atoms with Gasteiger partial charge in [0.2, 0.25) is 0 Å². The molecular weight excluding hydrogens is 204 g/mol. The Morgan fingerprint density at radius 1 is 1.62 bits per heavy atom. The molecule has 0 aromatic carbocycles. The molecule has 1 aliphatic heterocycles. The third-order valence-corrected chi connectivity index (χ3v) is 2.88. The predicted molar refractivity (Wildman–Crippen MR) is 62.2 cm³/mol. The molecule has 2 heterocycles. The molecule has 1 fully saturated rings. The summed E-state index contributed by atoms with van der Waals surface area (Å²) in [5.41, 5.74) is 0. The van der Waals surface area contributed by atoms with Gasteiger partial charge in [-0.15, -0.1) is 0 Å². The molecule has 5 heteroatoms. The lowest BCUT2D eigenvalue weighted by Gasteiger charge is -2.30. The smallest absolute Gasteiger partial charge is 0.122 e. The number of morpholine rings is 1. The Balaban J connectivity index is 1.94. The second-order valence-corrected chi connectivity index (χ2v) is 4.28. The summed E-state index contributed by atoms with van der Waals surface area (Å²) in [6.45, 7) is 4.55. The summed E-state index contributed by atoms with van der Waals surface area (Å²) in [5, 5.41) is 3.12. The molecule has 0 aliphatic carbocycles. The molecule has 1 aromatic heterocycles. The zero-order valence-electron chi connectivity index (χ0n) is 10.0. The summed E-state index contributed by atoms with van der Waals surface area (Å²) in [5.74, 6) is 1.07. The number of likely N-dealkylation sites (N-methyl/N-ethyl adjacent to an activating group) is 1. The Morgan fingerprint density at radius 3 is 3.25 bits per heavy atom. The van der Waals surface area contributed by atoms with E-state index >= 15 is 0 Å². The maximum absolute atomic E-state index is 5.74. The highest BCUT2D eigenvalue weighted by Crippen LogP contribution is 2.07. The number of nitrogens with zero attached hydrogens (tertiary/aromatic N) is 3. The molecule has 1 aromatic rings. The quantitative estimate of drug-likeness (QED) is 0.777. The molecule has 1 unspecified atom stereocenters. The van der Waals surface area contributed by atoms with Crippen LogP contribution in [0.1, 0.15) is 5.82 Å². The normalized spacial score (nSPS) is 22.5. The van der Waals surface area contributed by atoms with E-state index in [1.165, 1.54) is 0 Å². The van der Waals surface area contributed by atoms with Gasteiger partial charge in [0, 0.05) is 25.5 Å². The van der Waals surface area contributed by atoms with Crippen molar-refractivity contribution >= 4 is 0 Å². The van der Waals surface area contributed by atoms with Crippen LogP contribution in [0.5, 0.6) is 0 Å². The number of imidazole rings is 1. The first-order chi connectivity index (χ1) is 7.79. The van der Waals surface area contributed by atoms with Crippen molar-refractivity contribution in [1.29, 1.82) is 0 Å². The molecule has 16 heavy (non-hydrogen) atoms. The topological polar surface area (TPSA) is 42.3 Å². The number of aromatic nitrogens is 2. The molecule has 0 spiro atoms. The van der Waals surface area contributed by atoms with Crippen LogP contribution in [-0.4, -0.2) is 54.3 Å². The fourth-order valence-electron chi connectivity index (χ4n) is 2.03. The highest BCUT2D eigenvalue weighted by molar-refractivity contribution is 4.92. The monoisotopic (exact) mass is 224 g/mol. The van der Waals surface area contributed by atoms with E-state index in [0.29, 0.717) is 0 Å². The Bertz CT molecular complexity index is 326. The van der Waals surface area contributed by atoms with Gasteiger partial charge >= 0.3 is 0 Å². The van der Waals surface area contributed by atoms with E-state index in [4.69, 9.17) is 4.74 Å². The van der Waals surface area contributed by atoms with E-state index < -0.39 is 0 Å². The van der Waals surface area contributed by atoms with Gasteiger partial charge in [-0.1, -0.05) is 0 Å². The number of nitrogens with one attached hydrogen (secondary N) is 1. The maximum atomic E-state index is 5.74. The van der Waals surface area contributed by atoms with Crippen molar-refractivity contribution in [3.63, 3.8) is 0 Å². The summed E-state index contributed by atoms with van der Waals surface area (Å²) >= 11 is 0. The number of rotatable bonds is 4. The van der Waals surface area contributed by atoms with Crippen molar-refractivity contribution in [2.45, 2.75) is 19.2 Å². The highest BCUT2D eigenvalue weighted by atomic mass is 16.5. The van der Waals surface area contributed by atoms with Gasteiger partial charge in [0.15, 0.2) is 0 Å². The molecule has 1 N–H and O–H groups in total. The van der Waals surface area contributed by atoms with E-state index in [0.717, 1.165) is 38.6 Å².